The molecular formula is C31H30N6O6S4. The number of rotatable bonds is 2. The van der Waals surface area contributed by atoms with Crippen LogP contribution in [0.3, 0.4) is 0 Å². The van der Waals surface area contributed by atoms with Gasteiger partial charge in [0, 0.05) is 25.5 Å². The largest absolute Gasteiger partial charge is 0.388 e. The van der Waals surface area contributed by atoms with Crippen molar-refractivity contribution in [2.45, 2.75) is 75.1 Å². The van der Waals surface area contributed by atoms with Crippen LogP contribution in [0.1, 0.15) is 31.4 Å². The van der Waals surface area contributed by atoms with Gasteiger partial charge in [-0.1, -0.05) is 64.9 Å². The highest BCUT2D eigenvalue weighted by Gasteiger charge is 2.93. The highest BCUT2D eigenvalue weighted by Crippen LogP contribution is 2.78. The summed E-state index contributed by atoms with van der Waals surface area (Å²) < 4.78 is 0. The van der Waals surface area contributed by atoms with Crippen molar-refractivity contribution in [3.63, 3.8) is 0 Å². The molecule has 8 fully saturated rings. The normalized spacial score (nSPS) is 46.3. The van der Waals surface area contributed by atoms with Gasteiger partial charge in [0.15, 0.2) is 9.74 Å². The zero-order chi connectivity index (χ0) is 32.8. The SMILES string of the molecule is CC[C@]12SS[C@]3(C(=O)N1C)[C@@H](O)C1(C45c6ccccc6N[C@@H]4N4C(=O)[C@@]6(C)SS[C@]4(C(=O)N6C)[C@H]5O)c4ccccc4N[C@@H]1N3C2=O. The molecule has 2 aromatic carbocycles. The number of nitrogens with one attached hydrogen (secondary N) is 2. The molecule has 2 unspecified atom stereocenters. The van der Waals surface area contributed by atoms with Crippen LogP contribution in [0.4, 0.5) is 11.4 Å². The third-order valence-electron chi connectivity index (χ3n) is 12.4. The van der Waals surface area contributed by atoms with E-state index < -0.39 is 66.7 Å². The van der Waals surface area contributed by atoms with E-state index in [1.807, 2.05) is 55.5 Å². The highest BCUT2D eigenvalue weighted by atomic mass is 33.1. The van der Waals surface area contributed by atoms with Gasteiger partial charge in [-0.3, -0.25) is 29.0 Å². The second kappa shape index (κ2) is 8.33. The molecule has 47 heavy (non-hydrogen) atoms. The van der Waals surface area contributed by atoms with E-state index in [9.17, 15) is 29.4 Å². The molecule has 0 saturated carbocycles. The maximum atomic E-state index is 14.9. The Balaban J connectivity index is 1.35. The van der Waals surface area contributed by atoms with E-state index in [1.165, 1.54) is 62.8 Å². The van der Waals surface area contributed by atoms with Crippen molar-refractivity contribution in [2.75, 3.05) is 24.7 Å². The lowest BCUT2D eigenvalue weighted by Gasteiger charge is -2.58. The average Bonchev–Trinajstić information content (AvgIpc) is 3.72. The number of benzene rings is 2. The fourth-order valence-electron chi connectivity index (χ4n) is 10.2. The van der Waals surface area contributed by atoms with Crippen molar-refractivity contribution in [1.82, 2.24) is 19.6 Å². The molecule has 8 saturated heterocycles. The number of aliphatic hydroxyl groups is 2. The summed E-state index contributed by atoms with van der Waals surface area (Å²) >= 11 is 0. The van der Waals surface area contributed by atoms with Gasteiger partial charge in [-0.25, -0.2) is 0 Å². The summed E-state index contributed by atoms with van der Waals surface area (Å²) in [6.07, 6.45) is -4.86. The predicted octanol–water partition coefficient (Wildman–Crippen LogP) is 1.72. The van der Waals surface area contributed by atoms with Gasteiger partial charge in [-0.05, 0) is 58.2 Å². The lowest BCUT2D eigenvalue weighted by molar-refractivity contribution is -0.167. The first kappa shape index (κ1) is 29.2. The first-order valence-corrected chi connectivity index (χ1v) is 19.8. The highest BCUT2D eigenvalue weighted by molar-refractivity contribution is 8.78. The van der Waals surface area contributed by atoms with Gasteiger partial charge in [0.1, 0.15) is 24.5 Å². The first-order valence-electron chi connectivity index (χ1n) is 15.5. The minimum atomic E-state index is -1.76. The molecule has 4 N–H and O–H groups in total. The average molecular weight is 711 g/mol. The van der Waals surface area contributed by atoms with Crippen molar-refractivity contribution in [2.24, 2.45) is 0 Å². The zero-order valence-electron chi connectivity index (χ0n) is 25.6. The molecule has 244 valence electrons. The number of carbonyl (C=O) groups is 4. The number of fused-ring (bicyclic) bond motifs is 11. The summed E-state index contributed by atoms with van der Waals surface area (Å²) in [5.41, 5.74) is -0.761. The van der Waals surface area contributed by atoms with Crippen LogP contribution in [0.2, 0.25) is 0 Å². The van der Waals surface area contributed by atoms with Crippen molar-refractivity contribution < 1.29 is 29.4 Å². The summed E-state index contributed by atoms with van der Waals surface area (Å²) in [5, 5.41) is 33.8. The van der Waals surface area contributed by atoms with Gasteiger partial charge >= 0.3 is 0 Å². The van der Waals surface area contributed by atoms with Gasteiger partial charge in [0.2, 0.25) is 9.74 Å². The summed E-state index contributed by atoms with van der Waals surface area (Å²) in [7, 11) is 8.09. The van der Waals surface area contributed by atoms with Crippen molar-refractivity contribution in [1.29, 1.82) is 0 Å². The number of hydrogen-bond donors (Lipinski definition) is 4. The minimum Gasteiger partial charge on any atom is -0.388 e. The lowest BCUT2D eigenvalue weighted by Crippen LogP contribution is -2.78. The number of likely N-dealkylation sites (N-methyl/N-ethyl adjacent to an activating group) is 2. The molecule has 12 rings (SSSR count). The Morgan fingerprint density at radius 1 is 0.681 bits per heavy atom. The molecule has 10 atom stereocenters. The molecule has 10 aliphatic rings. The van der Waals surface area contributed by atoms with Crippen molar-refractivity contribution >= 4 is 78.2 Å². The topological polar surface area (TPSA) is 146 Å². The molecule has 2 spiro atoms. The van der Waals surface area contributed by atoms with Crippen LogP contribution in [0.15, 0.2) is 48.5 Å². The molecule has 10 heterocycles. The van der Waals surface area contributed by atoms with Gasteiger partial charge in [-0.15, -0.1) is 0 Å². The summed E-state index contributed by atoms with van der Waals surface area (Å²) in [4.78, 5) is 58.8. The number of anilines is 2. The van der Waals surface area contributed by atoms with E-state index in [1.54, 1.807) is 21.0 Å². The van der Waals surface area contributed by atoms with Crippen LogP contribution in [0, 0.1) is 0 Å². The monoisotopic (exact) mass is 710 g/mol. The zero-order valence-corrected chi connectivity index (χ0v) is 28.9. The Morgan fingerprint density at radius 3 is 1.68 bits per heavy atom. The number of amides is 4. The number of hydrogen-bond acceptors (Lipinski definition) is 12. The van der Waals surface area contributed by atoms with E-state index in [0.29, 0.717) is 28.9 Å². The van der Waals surface area contributed by atoms with E-state index >= 15 is 0 Å². The van der Waals surface area contributed by atoms with E-state index in [0.717, 1.165) is 0 Å². The number of aliphatic hydroxyl groups excluding tert-OH is 2. The number of nitrogens with zero attached hydrogens (tertiary/aromatic N) is 4. The molecule has 10 aliphatic heterocycles. The van der Waals surface area contributed by atoms with Gasteiger partial charge in [-0.2, -0.15) is 0 Å². The standard InChI is InChI=1S/C31H30N6O6S4/c1-5-27-23(41)37-21-29(15-11-7-9-13-17(15)33-21,19(39)31(37,47-45-27)25(43)35(27)4)28-14-10-6-8-12-16(14)32-20(28)36-22(40)26(2)34(3)24(42)30(36,18(28)38)46-44-26/h6-13,18-21,32-33,38-39H,5H2,1-4H3/t18-,19-,20+,21+,26+,27+,28?,29?,30-,31-/m0/s1. The van der Waals surface area contributed by atoms with Crippen LogP contribution in [-0.2, 0) is 30.0 Å². The Hall–Kier alpha value is -2.76. The Kier molecular flexibility index (Phi) is 5.17. The third kappa shape index (κ3) is 2.45. The molecule has 0 aliphatic carbocycles. The van der Waals surface area contributed by atoms with Crippen LogP contribution in [0.25, 0.3) is 0 Å². The van der Waals surface area contributed by atoms with Crippen LogP contribution in [0.5, 0.6) is 0 Å². The summed E-state index contributed by atoms with van der Waals surface area (Å²) in [5.74, 6) is -1.46. The number of piperazine rings is 2. The Bertz CT molecular complexity index is 1920. The van der Waals surface area contributed by atoms with E-state index in [-0.39, 0.29) is 11.8 Å². The molecule has 4 bridgehead atoms. The predicted molar refractivity (Wildman–Crippen MR) is 180 cm³/mol. The summed E-state index contributed by atoms with van der Waals surface area (Å²) in [6.45, 7) is 3.58. The van der Waals surface area contributed by atoms with Crippen LogP contribution in [-0.4, -0.2) is 112 Å². The molecule has 4 amide bonds. The van der Waals surface area contributed by atoms with Gasteiger partial charge < -0.3 is 30.6 Å². The molecule has 0 radical (unpaired) electrons. The van der Waals surface area contributed by atoms with Crippen LogP contribution >= 0.6 is 43.2 Å². The van der Waals surface area contributed by atoms with Crippen molar-refractivity contribution in [3.05, 3.63) is 59.7 Å². The van der Waals surface area contributed by atoms with Gasteiger partial charge in [0.25, 0.3) is 23.6 Å². The molecule has 12 nitrogen and oxygen atoms in total. The molecule has 2 aromatic rings. The molecular weight excluding hydrogens is 681 g/mol. The third-order valence-corrected chi connectivity index (χ3v) is 19.9. The maximum absolute atomic E-state index is 14.9. The number of para-hydroxylation sites is 2. The second-order valence-electron chi connectivity index (χ2n) is 13.7. The van der Waals surface area contributed by atoms with E-state index in [4.69, 9.17) is 0 Å². The van der Waals surface area contributed by atoms with Crippen LogP contribution < -0.4 is 10.6 Å². The second-order valence-corrected chi connectivity index (χ2v) is 19.0. The fourth-order valence-corrected chi connectivity index (χ4v) is 17.6. The molecule has 0 aromatic heterocycles. The lowest BCUT2D eigenvalue weighted by atomic mass is 9.52. The minimum absolute atomic E-state index is 0.307. The first-order chi connectivity index (χ1) is 22.4. The molecule has 16 heteroatoms. The fraction of sp³-hybridized carbons (Fsp3) is 0.484. The number of carbonyl (C=O) groups excluding carboxylic acids is 4. The Morgan fingerprint density at radius 2 is 1.15 bits per heavy atom. The quantitative estimate of drug-likeness (QED) is 0.337. The smallest absolute Gasteiger partial charge is 0.264 e. The van der Waals surface area contributed by atoms with Crippen molar-refractivity contribution in [3.8, 4) is 0 Å². The van der Waals surface area contributed by atoms with E-state index in [2.05, 4.69) is 10.6 Å². The maximum Gasteiger partial charge on any atom is 0.264 e. The van der Waals surface area contributed by atoms with Gasteiger partial charge in [0.05, 0.1) is 10.8 Å². The summed E-state index contributed by atoms with van der Waals surface area (Å²) in [6, 6.07) is 14.8. The Labute approximate surface area is 285 Å².